The van der Waals surface area contributed by atoms with Gasteiger partial charge in [-0.25, -0.2) is 4.79 Å². The molecular weight excluding hydrogens is 576 g/mol. The number of amides is 1. The maximum Gasteiger partial charge on any atom is 0.407 e. The number of hydrogen-bond acceptors (Lipinski definition) is 16. The van der Waals surface area contributed by atoms with Crippen LogP contribution in [0.1, 0.15) is 12.0 Å². The Morgan fingerprint density at radius 1 is 0.791 bits per heavy atom. The van der Waals surface area contributed by atoms with E-state index in [1.165, 1.54) is 0 Å². The van der Waals surface area contributed by atoms with E-state index in [-0.39, 0.29) is 19.6 Å². The van der Waals surface area contributed by atoms with Gasteiger partial charge in [-0.3, -0.25) is 0 Å². The number of aliphatic hydroxyl groups excluding tert-OH is 7. The van der Waals surface area contributed by atoms with E-state index in [4.69, 9.17) is 40.9 Å². The van der Waals surface area contributed by atoms with Gasteiger partial charge < -0.3 is 81.9 Å². The molecule has 0 bridgehead atoms. The summed E-state index contributed by atoms with van der Waals surface area (Å²) in [7, 11) is 0. The van der Waals surface area contributed by atoms with Gasteiger partial charge in [0.15, 0.2) is 12.6 Å². The first kappa shape index (κ1) is 33.8. The van der Waals surface area contributed by atoms with Gasteiger partial charge in [-0.1, -0.05) is 30.3 Å². The number of alkyl carbamates (subject to hydrolysis) is 1. The molecule has 4 rings (SSSR count). The molecule has 2 saturated heterocycles. The van der Waals surface area contributed by atoms with Crippen LogP contribution >= 0.6 is 0 Å². The second-order valence-electron chi connectivity index (χ2n) is 11.0. The van der Waals surface area contributed by atoms with Gasteiger partial charge in [-0.2, -0.15) is 0 Å². The van der Waals surface area contributed by atoms with E-state index in [9.17, 15) is 40.5 Å². The first-order chi connectivity index (χ1) is 20.4. The smallest absolute Gasteiger partial charge is 0.407 e. The molecule has 2 aliphatic heterocycles. The van der Waals surface area contributed by atoms with Crippen molar-refractivity contribution in [2.45, 2.75) is 105 Å². The topological polar surface area (TPSA) is 295 Å². The van der Waals surface area contributed by atoms with Gasteiger partial charge in [0.2, 0.25) is 0 Å². The van der Waals surface area contributed by atoms with Crippen molar-refractivity contribution in [3.05, 3.63) is 35.9 Å². The van der Waals surface area contributed by atoms with Crippen LogP contribution in [0.4, 0.5) is 4.79 Å². The van der Waals surface area contributed by atoms with Crippen LogP contribution in [-0.2, 0) is 30.3 Å². The third kappa shape index (κ3) is 7.78. The number of carbonyl (C=O) groups is 1. The first-order valence-electron chi connectivity index (χ1n) is 13.9. The highest BCUT2D eigenvalue weighted by Crippen LogP contribution is 2.31. The zero-order valence-electron chi connectivity index (χ0n) is 23.2. The quantitative estimate of drug-likeness (QED) is 0.123. The zero-order chi connectivity index (χ0) is 31.4. The molecule has 0 spiro atoms. The largest absolute Gasteiger partial charge is 0.445 e. The molecule has 6 unspecified atom stereocenters. The van der Waals surface area contributed by atoms with Crippen LogP contribution in [0.2, 0.25) is 0 Å². The lowest BCUT2D eigenvalue weighted by Crippen LogP contribution is -2.68. The summed E-state index contributed by atoms with van der Waals surface area (Å²) >= 11 is 0. The van der Waals surface area contributed by atoms with E-state index in [1.54, 1.807) is 24.3 Å². The highest BCUT2D eigenvalue weighted by atomic mass is 16.7. The first-order valence-corrected chi connectivity index (χ1v) is 13.9. The molecule has 1 aromatic rings. The van der Waals surface area contributed by atoms with E-state index in [1.807, 2.05) is 6.07 Å². The molecule has 1 amide bonds. The lowest BCUT2D eigenvalue weighted by atomic mass is 9.84. The van der Waals surface area contributed by atoms with Crippen molar-refractivity contribution in [2.75, 3.05) is 13.2 Å². The fraction of sp³-hybridized carbons (Fsp3) is 0.731. The minimum Gasteiger partial charge on any atom is -0.445 e. The molecule has 43 heavy (non-hydrogen) atoms. The lowest BCUT2D eigenvalue weighted by molar-refractivity contribution is -0.332. The minimum atomic E-state index is -1.78. The van der Waals surface area contributed by atoms with E-state index in [0.717, 1.165) is 5.56 Å². The maximum atomic E-state index is 12.2. The Bertz CT molecular complexity index is 1030. The number of benzene rings is 1. The van der Waals surface area contributed by atoms with Gasteiger partial charge in [0, 0.05) is 18.6 Å². The van der Waals surface area contributed by atoms with E-state index < -0.39 is 104 Å². The van der Waals surface area contributed by atoms with Gasteiger partial charge in [0.1, 0.15) is 67.6 Å². The van der Waals surface area contributed by atoms with Crippen molar-refractivity contribution < 1.29 is 64.2 Å². The Morgan fingerprint density at radius 3 is 1.98 bits per heavy atom. The molecule has 0 radical (unpaired) electrons. The summed E-state index contributed by atoms with van der Waals surface area (Å²) in [5.74, 6) is 0. The minimum absolute atomic E-state index is 0.00719. The molecule has 1 aliphatic carbocycles. The average Bonchev–Trinajstić information content (AvgIpc) is 2.99. The van der Waals surface area contributed by atoms with Gasteiger partial charge in [0.05, 0.1) is 12.6 Å². The third-order valence-corrected chi connectivity index (χ3v) is 7.91. The monoisotopic (exact) mass is 618 g/mol. The standard InChI is InChI=1S/C26H42N4O13/c27-11-6-12(28)23(21(37)22(11)42-24-18(34)15(29)16(32)14(8-31)41-24)43-25-20(36)19(35)17(33)13(40-25)7-30-26(38)39-9-10-4-2-1-3-5-10/h1-5,11-25,31-37H,6-9,27-29H2,(H,30,38)/t11-,12?,13?,14?,15+,16-,17+,18?,19?,20-,21?,22+,23+,24-,25+/m1/s1. The molecule has 17 nitrogen and oxygen atoms in total. The number of aliphatic hydroxyl groups is 7. The normalized spacial score (nSPS) is 43.6. The molecular formula is C26H42N4O13. The Labute approximate surface area is 247 Å². The van der Waals surface area contributed by atoms with Crippen molar-refractivity contribution in [3.8, 4) is 0 Å². The van der Waals surface area contributed by atoms with Crippen LogP contribution in [0, 0.1) is 0 Å². The highest BCUT2D eigenvalue weighted by Gasteiger charge is 2.51. The predicted molar refractivity (Wildman–Crippen MR) is 143 cm³/mol. The number of ether oxygens (including phenoxy) is 5. The summed E-state index contributed by atoms with van der Waals surface area (Å²) in [4.78, 5) is 12.2. The van der Waals surface area contributed by atoms with Gasteiger partial charge in [-0.15, -0.1) is 0 Å². The summed E-state index contributed by atoms with van der Waals surface area (Å²) in [6.45, 7) is -0.959. The summed E-state index contributed by atoms with van der Waals surface area (Å²) < 4.78 is 27.8. The second-order valence-corrected chi connectivity index (χ2v) is 11.0. The lowest BCUT2D eigenvalue weighted by Gasteiger charge is -2.48. The SMILES string of the molecule is NC1C[C@@H](N)[C@H](O[C@H]2OC(CO)[C@@H](O)[C@H](N)C2O)C(O)[C@H]1O[C@@H]1OC(CNC(=O)OCc2ccccc2)[C@H](O)C(O)[C@H]1O. The van der Waals surface area contributed by atoms with E-state index in [2.05, 4.69) is 5.32 Å². The van der Waals surface area contributed by atoms with Gasteiger partial charge >= 0.3 is 6.09 Å². The number of rotatable bonds is 9. The van der Waals surface area contributed by atoms with Crippen molar-refractivity contribution in [3.63, 3.8) is 0 Å². The molecule has 14 N–H and O–H groups in total. The molecule has 2 heterocycles. The molecule has 1 aromatic carbocycles. The van der Waals surface area contributed by atoms with Crippen LogP contribution in [0.5, 0.6) is 0 Å². The summed E-state index contributed by atoms with van der Waals surface area (Å²) in [6, 6.07) is 5.88. The molecule has 3 aliphatic rings. The molecule has 3 fully saturated rings. The molecule has 17 heteroatoms. The summed E-state index contributed by atoms with van der Waals surface area (Å²) in [5.41, 5.74) is 19.0. The number of hydrogen-bond donors (Lipinski definition) is 11. The van der Waals surface area contributed by atoms with E-state index >= 15 is 0 Å². The zero-order valence-corrected chi connectivity index (χ0v) is 23.2. The fourth-order valence-corrected chi connectivity index (χ4v) is 5.33. The highest BCUT2D eigenvalue weighted by molar-refractivity contribution is 5.67. The Kier molecular flexibility index (Phi) is 11.6. The van der Waals surface area contributed by atoms with Crippen molar-refractivity contribution >= 4 is 6.09 Å². The number of nitrogens with one attached hydrogen (secondary N) is 1. The van der Waals surface area contributed by atoms with Gasteiger partial charge in [0.25, 0.3) is 0 Å². The molecule has 244 valence electrons. The predicted octanol–water partition coefficient (Wildman–Crippen LogP) is -5.32. The Balaban J connectivity index is 1.37. The summed E-state index contributed by atoms with van der Waals surface area (Å²) in [5, 5.41) is 75.1. The van der Waals surface area contributed by atoms with Crippen molar-refractivity contribution in [1.29, 1.82) is 0 Å². The number of nitrogens with two attached hydrogens (primary N) is 3. The van der Waals surface area contributed by atoms with Crippen LogP contribution in [0.15, 0.2) is 30.3 Å². The summed E-state index contributed by atoms with van der Waals surface area (Å²) in [6.07, 6.45) is -18.6. The van der Waals surface area contributed by atoms with E-state index in [0.29, 0.717) is 0 Å². The molecule has 0 aromatic heterocycles. The van der Waals surface area contributed by atoms with Crippen LogP contribution in [0.3, 0.4) is 0 Å². The molecule has 1 saturated carbocycles. The van der Waals surface area contributed by atoms with Crippen LogP contribution < -0.4 is 22.5 Å². The van der Waals surface area contributed by atoms with Crippen LogP contribution in [-0.4, -0.2) is 147 Å². The Hall–Kier alpha value is -2.07. The van der Waals surface area contributed by atoms with Crippen LogP contribution in [0.25, 0.3) is 0 Å². The second kappa shape index (κ2) is 14.8. The van der Waals surface area contributed by atoms with Gasteiger partial charge in [-0.05, 0) is 12.0 Å². The maximum absolute atomic E-state index is 12.2. The third-order valence-electron chi connectivity index (χ3n) is 7.91. The molecule has 15 atom stereocenters. The Morgan fingerprint density at radius 2 is 1.37 bits per heavy atom. The van der Waals surface area contributed by atoms with Crippen molar-refractivity contribution in [1.82, 2.24) is 5.32 Å². The fourth-order valence-electron chi connectivity index (χ4n) is 5.33. The number of carbonyl (C=O) groups excluding carboxylic acids is 1. The average molecular weight is 619 g/mol. The van der Waals surface area contributed by atoms with Crippen molar-refractivity contribution in [2.24, 2.45) is 17.2 Å².